The Hall–Kier alpha value is -4.32. The second-order valence-electron chi connectivity index (χ2n) is 8.55. The molecule has 0 fully saturated rings. The van der Waals surface area contributed by atoms with Crippen molar-refractivity contribution >= 4 is 11.8 Å². The van der Waals surface area contributed by atoms with Crippen LogP contribution in [0.3, 0.4) is 0 Å². The number of pyridine rings is 1. The minimum Gasteiger partial charge on any atom is -0.501 e. The zero-order valence-electron chi connectivity index (χ0n) is 19.8. The van der Waals surface area contributed by atoms with Gasteiger partial charge in [0.25, 0.3) is 11.5 Å². The summed E-state index contributed by atoms with van der Waals surface area (Å²) in [6, 6.07) is 9.63. The van der Waals surface area contributed by atoms with Crippen LogP contribution in [0, 0.1) is 5.82 Å². The molecule has 0 saturated carbocycles. The summed E-state index contributed by atoms with van der Waals surface area (Å²) >= 11 is 0. The molecule has 3 aromatic rings. The van der Waals surface area contributed by atoms with Crippen LogP contribution in [0.1, 0.15) is 38.4 Å². The van der Waals surface area contributed by atoms with E-state index in [4.69, 9.17) is 0 Å². The van der Waals surface area contributed by atoms with E-state index in [0.29, 0.717) is 12.1 Å². The molecular weight excluding hydrogens is 471 g/mol. The highest BCUT2D eigenvalue weighted by Gasteiger charge is 2.34. The number of amides is 2. The molecule has 188 valence electrons. The van der Waals surface area contributed by atoms with E-state index in [1.54, 1.807) is 26.2 Å². The zero-order chi connectivity index (χ0) is 26.0. The second-order valence-corrected chi connectivity index (χ2v) is 8.55. The Bertz CT molecular complexity index is 1360. The van der Waals surface area contributed by atoms with E-state index in [9.17, 15) is 29.1 Å². The highest BCUT2D eigenvalue weighted by atomic mass is 19.1. The number of nitrogens with zero attached hydrogens (tertiary/aromatic N) is 5. The van der Waals surface area contributed by atoms with Crippen molar-refractivity contribution in [2.75, 3.05) is 27.2 Å². The smallest absolute Gasteiger partial charge is 0.323 e. The van der Waals surface area contributed by atoms with Crippen LogP contribution in [0.5, 0.6) is 5.75 Å². The number of benzene rings is 1. The third-order valence-corrected chi connectivity index (χ3v) is 6.11. The number of halogens is 1. The van der Waals surface area contributed by atoms with E-state index in [1.165, 1.54) is 46.0 Å². The monoisotopic (exact) mass is 497 g/mol. The van der Waals surface area contributed by atoms with Gasteiger partial charge < -0.3 is 15.3 Å². The van der Waals surface area contributed by atoms with Gasteiger partial charge in [0.15, 0.2) is 5.69 Å². The molecule has 1 aromatic carbocycles. The maximum atomic E-state index is 13.1. The fourth-order valence-corrected chi connectivity index (χ4v) is 4.03. The molecule has 36 heavy (non-hydrogen) atoms. The SMILES string of the molecule is CN(CC1c2nc(C(=O)NCc3ccc(F)cc3)c(O)c(=O)n2CCN1C)C(=O)c1cccc[n+]1O. The first-order valence-electron chi connectivity index (χ1n) is 11.2. The highest BCUT2D eigenvalue weighted by molar-refractivity contribution is 5.94. The third kappa shape index (κ3) is 4.89. The summed E-state index contributed by atoms with van der Waals surface area (Å²) in [4.78, 5) is 46.2. The highest BCUT2D eigenvalue weighted by Crippen LogP contribution is 2.25. The first-order valence-corrected chi connectivity index (χ1v) is 11.2. The van der Waals surface area contributed by atoms with Crippen LogP contribution in [0.25, 0.3) is 0 Å². The summed E-state index contributed by atoms with van der Waals surface area (Å²) in [6.07, 6.45) is 1.34. The normalized spacial score (nSPS) is 15.2. The standard InChI is InChI=1S/C24H25FN6O5/c1-28-11-12-30-21(18(28)14-29(2)23(34)17-5-3-4-10-31(17)36)27-19(20(32)24(30)35)22(33)26-13-15-6-8-16(25)9-7-15/h3-10,18H,11-14H2,1-2H3,(H2-,26,32,33,34,36)/p+1. The largest absolute Gasteiger partial charge is 0.501 e. The molecular formula is C24H26FN6O5+. The van der Waals surface area contributed by atoms with E-state index in [1.807, 2.05) is 4.90 Å². The molecule has 3 heterocycles. The van der Waals surface area contributed by atoms with Crippen molar-refractivity contribution in [3.63, 3.8) is 0 Å². The van der Waals surface area contributed by atoms with Crippen molar-refractivity contribution in [3.05, 3.63) is 87.6 Å². The number of aromatic nitrogens is 3. The molecule has 1 unspecified atom stereocenters. The Morgan fingerprint density at radius 1 is 1.22 bits per heavy atom. The topological polar surface area (TPSA) is 132 Å². The average molecular weight is 498 g/mol. The van der Waals surface area contributed by atoms with Gasteiger partial charge in [0.2, 0.25) is 11.9 Å². The number of hydrogen-bond donors (Lipinski definition) is 3. The first kappa shape index (κ1) is 24.8. The Labute approximate surface area is 205 Å². The molecule has 2 aromatic heterocycles. The number of carbonyl (C=O) groups is 2. The molecule has 0 aliphatic carbocycles. The minimum atomic E-state index is -0.770. The summed E-state index contributed by atoms with van der Waals surface area (Å²) in [5, 5.41) is 23.0. The van der Waals surface area contributed by atoms with Crippen LogP contribution < -0.4 is 15.6 Å². The number of fused-ring (bicyclic) bond motifs is 1. The minimum absolute atomic E-state index is 0.0391. The Morgan fingerprint density at radius 2 is 1.94 bits per heavy atom. The van der Waals surface area contributed by atoms with Crippen LogP contribution in [0.4, 0.5) is 4.39 Å². The summed E-state index contributed by atoms with van der Waals surface area (Å²) in [5.74, 6) is -2.18. The molecule has 11 nitrogen and oxygen atoms in total. The van der Waals surface area contributed by atoms with Crippen LogP contribution >= 0.6 is 0 Å². The van der Waals surface area contributed by atoms with Crippen LogP contribution in [-0.2, 0) is 13.1 Å². The van der Waals surface area contributed by atoms with Gasteiger partial charge in [0.05, 0.1) is 6.04 Å². The van der Waals surface area contributed by atoms with E-state index in [0.717, 1.165) is 4.73 Å². The van der Waals surface area contributed by atoms with E-state index < -0.39 is 40.7 Å². The fraction of sp³-hybridized carbons (Fsp3) is 0.292. The van der Waals surface area contributed by atoms with Crippen LogP contribution in [0.15, 0.2) is 53.5 Å². The van der Waals surface area contributed by atoms with Gasteiger partial charge in [-0.1, -0.05) is 12.1 Å². The molecule has 0 radical (unpaired) electrons. The maximum Gasteiger partial charge on any atom is 0.323 e. The van der Waals surface area contributed by atoms with Gasteiger partial charge in [-0.05, 0) is 30.8 Å². The summed E-state index contributed by atoms with van der Waals surface area (Å²) in [5.41, 5.74) is -0.511. The lowest BCUT2D eigenvalue weighted by atomic mass is 10.1. The van der Waals surface area contributed by atoms with E-state index >= 15 is 0 Å². The van der Waals surface area contributed by atoms with Crippen molar-refractivity contribution in [1.29, 1.82) is 0 Å². The van der Waals surface area contributed by atoms with Crippen molar-refractivity contribution in [3.8, 4) is 5.75 Å². The molecule has 0 bridgehead atoms. The number of aromatic hydroxyl groups is 1. The van der Waals surface area contributed by atoms with Crippen molar-refractivity contribution in [2.45, 2.75) is 19.1 Å². The summed E-state index contributed by atoms with van der Waals surface area (Å²) in [6.45, 7) is 0.823. The zero-order valence-corrected chi connectivity index (χ0v) is 19.8. The van der Waals surface area contributed by atoms with E-state index in [-0.39, 0.29) is 31.2 Å². The predicted molar refractivity (Wildman–Crippen MR) is 124 cm³/mol. The predicted octanol–water partition coefficient (Wildman–Crippen LogP) is 0.302. The number of hydrogen-bond acceptors (Lipinski definition) is 7. The number of likely N-dealkylation sites (N-methyl/N-ethyl adjacent to an activating group) is 2. The lowest BCUT2D eigenvalue weighted by molar-refractivity contribution is -0.906. The molecule has 4 rings (SSSR count). The number of carbonyl (C=O) groups excluding carboxylic acids is 2. The molecule has 3 N–H and O–H groups in total. The number of nitrogens with one attached hydrogen (secondary N) is 1. The maximum absolute atomic E-state index is 13.1. The lowest BCUT2D eigenvalue weighted by Gasteiger charge is -2.36. The van der Waals surface area contributed by atoms with Gasteiger partial charge in [0, 0.05) is 50.1 Å². The average Bonchev–Trinajstić information content (AvgIpc) is 2.87. The van der Waals surface area contributed by atoms with Gasteiger partial charge in [-0.3, -0.25) is 29.1 Å². The van der Waals surface area contributed by atoms with Crippen LogP contribution in [-0.4, -0.2) is 68.7 Å². The van der Waals surface area contributed by atoms with Gasteiger partial charge >= 0.3 is 11.6 Å². The Morgan fingerprint density at radius 3 is 2.64 bits per heavy atom. The molecule has 1 aliphatic rings. The third-order valence-electron chi connectivity index (χ3n) is 6.11. The molecule has 1 atom stereocenters. The molecule has 2 amide bonds. The Kier molecular flexibility index (Phi) is 6.97. The van der Waals surface area contributed by atoms with Crippen LogP contribution in [0.2, 0.25) is 0 Å². The van der Waals surface area contributed by atoms with Crippen molar-refractivity contribution in [2.24, 2.45) is 0 Å². The summed E-state index contributed by atoms with van der Waals surface area (Å²) in [7, 11) is 3.35. The van der Waals surface area contributed by atoms with Gasteiger partial charge in [-0.2, -0.15) is 0 Å². The quantitative estimate of drug-likeness (QED) is 0.330. The van der Waals surface area contributed by atoms with Gasteiger partial charge in [0.1, 0.15) is 11.6 Å². The lowest BCUT2D eigenvalue weighted by Crippen LogP contribution is -2.48. The fourth-order valence-electron chi connectivity index (χ4n) is 4.03. The van der Waals surface area contributed by atoms with Crippen molar-refractivity contribution in [1.82, 2.24) is 24.7 Å². The Balaban J connectivity index is 1.60. The molecule has 0 saturated heterocycles. The molecule has 0 spiro atoms. The van der Waals surface area contributed by atoms with E-state index in [2.05, 4.69) is 10.3 Å². The number of rotatable bonds is 6. The van der Waals surface area contributed by atoms with Crippen molar-refractivity contribution < 1.29 is 29.0 Å². The second kappa shape index (κ2) is 10.1. The van der Waals surface area contributed by atoms with Gasteiger partial charge in [-0.15, -0.1) is 0 Å². The molecule has 1 aliphatic heterocycles. The molecule has 12 heteroatoms. The first-order chi connectivity index (χ1) is 17.2. The van der Waals surface area contributed by atoms with Gasteiger partial charge in [-0.25, -0.2) is 9.37 Å². The summed E-state index contributed by atoms with van der Waals surface area (Å²) < 4.78 is 15.1.